The zero-order valence-electron chi connectivity index (χ0n) is 11.4. The average Bonchev–Trinajstić information content (AvgIpc) is 2.33. The van der Waals surface area contributed by atoms with Crippen molar-refractivity contribution in [3.05, 3.63) is 0 Å². The van der Waals surface area contributed by atoms with Crippen molar-refractivity contribution in [1.82, 2.24) is 5.32 Å². The van der Waals surface area contributed by atoms with Crippen molar-refractivity contribution in [2.45, 2.75) is 32.4 Å². The molecular formula is C11H25NO4Si. The Kier molecular flexibility index (Phi) is 9.34. The molecule has 102 valence electrons. The molecule has 0 saturated heterocycles. The summed E-state index contributed by atoms with van der Waals surface area (Å²) in [6.45, 7) is 5.84. The van der Waals surface area contributed by atoms with Crippen molar-refractivity contribution in [2.24, 2.45) is 0 Å². The lowest BCUT2D eigenvalue weighted by atomic mass is 10.4. The molecule has 0 heterocycles. The maximum Gasteiger partial charge on any atom is 0.334 e. The number of hydrogen-bond acceptors (Lipinski definition) is 5. The summed E-state index contributed by atoms with van der Waals surface area (Å²) in [5.41, 5.74) is 0. The van der Waals surface area contributed by atoms with Crippen molar-refractivity contribution >= 4 is 14.5 Å². The van der Waals surface area contributed by atoms with Crippen LogP contribution in [0.4, 0.5) is 0 Å². The minimum Gasteiger partial charge on any atom is -0.466 e. The van der Waals surface area contributed by atoms with Crippen LogP contribution in [0, 0.1) is 0 Å². The second-order valence-electron chi connectivity index (χ2n) is 3.95. The minimum absolute atomic E-state index is 0.145. The maximum absolute atomic E-state index is 11.0. The molecule has 0 aliphatic rings. The first-order chi connectivity index (χ1) is 8.08. The molecule has 0 radical (unpaired) electrons. The second kappa shape index (κ2) is 9.58. The van der Waals surface area contributed by atoms with E-state index in [0.29, 0.717) is 19.6 Å². The van der Waals surface area contributed by atoms with E-state index in [-0.39, 0.29) is 5.97 Å². The first-order valence-electron chi connectivity index (χ1n) is 6.04. The van der Waals surface area contributed by atoms with Gasteiger partial charge in [-0.15, -0.1) is 0 Å². The molecule has 1 N–H and O–H groups in total. The summed E-state index contributed by atoms with van der Waals surface area (Å²) in [6, 6.07) is 0.951. The molecule has 0 bridgehead atoms. The molecule has 5 nitrogen and oxygen atoms in total. The van der Waals surface area contributed by atoms with Gasteiger partial charge in [-0.05, 0) is 32.5 Å². The topological polar surface area (TPSA) is 56.8 Å². The molecular weight excluding hydrogens is 238 g/mol. The van der Waals surface area contributed by atoms with E-state index in [0.717, 1.165) is 19.0 Å². The first-order valence-corrected chi connectivity index (χ1v) is 8.57. The maximum atomic E-state index is 11.0. The number of carbonyl (C=O) groups excluding carboxylic acids is 1. The summed E-state index contributed by atoms with van der Waals surface area (Å²) in [4.78, 5) is 11.0. The van der Waals surface area contributed by atoms with Crippen LogP contribution in [-0.2, 0) is 18.4 Å². The van der Waals surface area contributed by atoms with Gasteiger partial charge in [0.2, 0.25) is 0 Å². The molecule has 0 aliphatic heterocycles. The Labute approximate surface area is 105 Å². The van der Waals surface area contributed by atoms with Crippen molar-refractivity contribution < 1.29 is 18.4 Å². The summed E-state index contributed by atoms with van der Waals surface area (Å²) in [7, 11) is 1.47. The van der Waals surface area contributed by atoms with Crippen LogP contribution >= 0.6 is 0 Å². The molecule has 0 aliphatic carbocycles. The van der Waals surface area contributed by atoms with Crippen molar-refractivity contribution in [1.29, 1.82) is 0 Å². The fourth-order valence-corrected chi connectivity index (χ4v) is 2.76. The SMILES string of the molecule is CCOC(=O)CCNCCC[Si](C)(OC)OC. The van der Waals surface area contributed by atoms with Gasteiger partial charge in [0, 0.05) is 20.8 Å². The summed E-state index contributed by atoms with van der Waals surface area (Å²) in [5.74, 6) is -0.145. The van der Waals surface area contributed by atoms with E-state index in [4.69, 9.17) is 13.6 Å². The fraction of sp³-hybridized carbons (Fsp3) is 0.909. The number of hydrogen-bond donors (Lipinski definition) is 1. The predicted octanol–water partition coefficient (Wildman–Crippen LogP) is 1.28. The monoisotopic (exact) mass is 263 g/mol. The Morgan fingerprint density at radius 2 is 1.88 bits per heavy atom. The summed E-state index contributed by atoms with van der Waals surface area (Å²) in [6.07, 6.45) is 1.42. The molecule has 0 aromatic carbocycles. The summed E-state index contributed by atoms with van der Waals surface area (Å²) in [5, 5.41) is 3.21. The van der Waals surface area contributed by atoms with E-state index in [1.54, 1.807) is 14.2 Å². The van der Waals surface area contributed by atoms with Gasteiger partial charge in [-0.1, -0.05) is 0 Å². The lowest BCUT2D eigenvalue weighted by molar-refractivity contribution is -0.142. The van der Waals surface area contributed by atoms with Crippen LogP contribution in [0.15, 0.2) is 0 Å². The van der Waals surface area contributed by atoms with Crippen LogP contribution < -0.4 is 5.32 Å². The number of ether oxygens (including phenoxy) is 1. The van der Waals surface area contributed by atoms with Crippen LogP contribution in [-0.4, -0.2) is 48.4 Å². The fourth-order valence-electron chi connectivity index (χ4n) is 1.37. The normalized spacial score (nSPS) is 11.5. The quantitative estimate of drug-likeness (QED) is 0.365. The average molecular weight is 263 g/mol. The highest BCUT2D eigenvalue weighted by Gasteiger charge is 2.27. The van der Waals surface area contributed by atoms with Gasteiger partial charge >= 0.3 is 14.5 Å². The molecule has 0 aromatic heterocycles. The van der Waals surface area contributed by atoms with Gasteiger partial charge in [0.05, 0.1) is 13.0 Å². The molecule has 0 atom stereocenters. The van der Waals surface area contributed by atoms with E-state index in [1.165, 1.54) is 0 Å². The zero-order chi connectivity index (χ0) is 13.1. The molecule has 0 saturated carbocycles. The zero-order valence-corrected chi connectivity index (χ0v) is 12.4. The van der Waals surface area contributed by atoms with E-state index in [1.807, 2.05) is 13.5 Å². The van der Waals surface area contributed by atoms with E-state index in [2.05, 4.69) is 5.32 Å². The minimum atomic E-state index is -1.92. The van der Waals surface area contributed by atoms with Crippen molar-refractivity contribution in [3.63, 3.8) is 0 Å². The van der Waals surface area contributed by atoms with E-state index < -0.39 is 8.56 Å². The molecule has 17 heavy (non-hydrogen) atoms. The van der Waals surface area contributed by atoms with Crippen LogP contribution in [0.2, 0.25) is 12.6 Å². The molecule has 0 amide bonds. The third-order valence-corrected chi connectivity index (χ3v) is 5.65. The van der Waals surface area contributed by atoms with Gasteiger partial charge in [0.1, 0.15) is 0 Å². The Bertz CT molecular complexity index is 210. The lowest BCUT2D eigenvalue weighted by Gasteiger charge is -2.22. The third-order valence-electron chi connectivity index (χ3n) is 2.66. The number of rotatable bonds is 10. The number of esters is 1. The molecule has 6 heteroatoms. The van der Waals surface area contributed by atoms with Gasteiger partial charge in [-0.3, -0.25) is 4.79 Å². The van der Waals surface area contributed by atoms with E-state index in [9.17, 15) is 4.79 Å². The highest BCUT2D eigenvalue weighted by atomic mass is 28.4. The van der Waals surface area contributed by atoms with Crippen LogP contribution in [0.1, 0.15) is 19.8 Å². The largest absolute Gasteiger partial charge is 0.466 e. The summed E-state index contributed by atoms with van der Waals surface area (Å²) < 4.78 is 15.6. The number of nitrogens with one attached hydrogen (secondary N) is 1. The molecule has 0 spiro atoms. The second-order valence-corrected chi connectivity index (χ2v) is 7.53. The van der Waals surface area contributed by atoms with Gasteiger partial charge in [0.25, 0.3) is 0 Å². The molecule has 0 unspecified atom stereocenters. The Balaban J connectivity index is 3.43. The van der Waals surface area contributed by atoms with Gasteiger partial charge < -0.3 is 18.9 Å². The Morgan fingerprint density at radius 3 is 2.41 bits per heavy atom. The van der Waals surface area contributed by atoms with Crippen molar-refractivity contribution in [2.75, 3.05) is 33.9 Å². The first kappa shape index (κ1) is 16.6. The lowest BCUT2D eigenvalue weighted by Crippen LogP contribution is -2.36. The van der Waals surface area contributed by atoms with Crippen LogP contribution in [0.3, 0.4) is 0 Å². The molecule has 0 fully saturated rings. The highest BCUT2D eigenvalue weighted by Crippen LogP contribution is 2.12. The third kappa shape index (κ3) is 8.31. The van der Waals surface area contributed by atoms with E-state index >= 15 is 0 Å². The molecule has 0 aromatic rings. The van der Waals surface area contributed by atoms with Gasteiger partial charge in [-0.25, -0.2) is 0 Å². The van der Waals surface area contributed by atoms with Gasteiger partial charge in [0.15, 0.2) is 0 Å². The number of carbonyl (C=O) groups is 1. The highest BCUT2D eigenvalue weighted by molar-refractivity contribution is 6.65. The summed E-state index contributed by atoms with van der Waals surface area (Å²) >= 11 is 0. The van der Waals surface area contributed by atoms with Crippen LogP contribution in [0.5, 0.6) is 0 Å². The van der Waals surface area contributed by atoms with Crippen LogP contribution in [0.25, 0.3) is 0 Å². The Morgan fingerprint density at radius 1 is 1.24 bits per heavy atom. The Hall–Kier alpha value is -0.433. The smallest absolute Gasteiger partial charge is 0.334 e. The van der Waals surface area contributed by atoms with Crippen molar-refractivity contribution in [3.8, 4) is 0 Å². The predicted molar refractivity (Wildman–Crippen MR) is 69.2 cm³/mol. The standard InChI is InChI=1S/C11H25NO4Si/c1-5-16-11(13)7-9-12-8-6-10-17(4,14-2)15-3/h12H,5-10H2,1-4H3. The molecule has 0 rings (SSSR count). The van der Waals surface area contributed by atoms with Gasteiger partial charge in [-0.2, -0.15) is 0 Å².